The van der Waals surface area contributed by atoms with Gasteiger partial charge >= 0.3 is 0 Å². The number of carbonyl (C=O) groups excluding carboxylic acids is 1. The summed E-state index contributed by atoms with van der Waals surface area (Å²) in [5.74, 6) is 0.642. The van der Waals surface area contributed by atoms with E-state index in [1.807, 2.05) is 12.1 Å². The number of benzene rings is 1. The van der Waals surface area contributed by atoms with E-state index in [1.165, 1.54) is 6.21 Å². The summed E-state index contributed by atoms with van der Waals surface area (Å²) >= 11 is 5.95. The lowest BCUT2D eigenvalue weighted by Crippen LogP contribution is -2.45. The van der Waals surface area contributed by atoms with Gasteiger partial charge in [0.1, 0.15) is 11.6 Å². The number of ketones is 1. The van der Waals surface area contributed by atoms with Gasteiger partial charge in [-0.05, 0) is 31.1 Å². The monoisotopic (exact) mass is 328 g/mol. The van der Waals surface area contributed by atoms with E-state index in [0.717, 1.165) is 11.1 Å². The van der Waals surface area contributed by atoms with Crippen LogP contribution in [0, 0.1) is 10.8 Å². The van der Waals surface area contributed by atoms with E-state index in [-0.39, 0.29) is 23.5 Å². The van der Waals surface area contributed by atoms with E-state index >= 15 is 0 Å². The van der Waals surface area contributed by atoms with Crippen molar-refractivity contribution in [3.63, 3.8) is 0 Å². The Morgan fingerprint density at radius 1 is 1.35 bits per heavy atom. The molecule has 0 spiro atoms. The molecule has 1 saturated carbocycles. The van der Waals surface area contributed by atoms with Crippen LogP contribution in [-0.2, 0) is 4.79 Å². The summed E-state index contributed by atoms with van der Waals surface area (Å²) in [7, 11) is 0. The Hall–Kier alpha value is -2.27. The van der Waals surface area contributed by atoms with E-state index in [2.05, 4.69) is 4.99 Å². The standard InChI is InChI=1S/C17H17ClN4O/c1-10(19)22-15-7-6-13(23)8-14(15)17(21-9-16(22)20)11-2-4-12(18)5-3-11/h2-5,9,15,19-20H,6-8H2,1H3. The third kappa shape index (κ3) is 2.97. The van der Waals surface area contributed by atoms with Crippen molar-refractivity contribution in [3.8, 4) is 0 Å². The molecule has 0 radical (unpaired) electrons. The maximum absolute atomic E-state index is 12.0. The molecule has 6 heteroatoms. The van der Waals surface area contributed by atoms with Gasteiger partial charge in [-0.2, -0.15) is 0 Å². The highest BCUT2D eigenvalue weighted by molar-refractivity contribution is 6.33. The van der Waals surface area contributed by atoms with E-state index in [4.69, 9.17) is 22.4 Å². The highest BCUT2D eigenvalue weighted by Crippen LogP contribution is 2.35. The van der Waals surface area contributed by atoms with Crippen LogP contribution in [0.5, 0.6) is 0 Å². The lowest BCUT2D eigenvalue weighted by Gasteiger charge is -2.35. The Bertz CT molecular complexity index is 748. The van der Waals surface area contributed by atoms with E-state index in [9.17, 15) is 4.79 Å². The molecular formula is C17H17ClN4O. The van der Waals surface area contributed by atoms with Crippen molar-refractivity contribution in [2.45, 2.75) is 32.2 Å². The maximum Gasteiger partial charge on any atom is 0.145 e. The second-order valence-electron chi connectivity index (χ2n) is 5.75. The molecule has 0 amide bonds. The van der Waals surface area contributed by atoms with Crippen LogP contribution in [0.1, 0.15) is 31.7 Å². The quantitative estimate of drug-likeness (QED) is 0.610. The third-order valence-electron chi connectivity index (χ3n) is 4.16. The molecule has 1 heterocycles. The Balaban J connectivity index is 2.16. The number of rotatable bonds is 1. The van der Waals surface area contributed by atoms with Crippen molar-refractivity contribution >= 4 is 41.0 Å². The molecule has 1 aliphatic heterocycles. The van der Waals surface area contributed by atoms with Gasteiger partial charge in [0, 0.05) is 23.4 Å². The maximum atomic E-state index is 12.0. The first kappa shape index (κ1) is 15.6. The van der Waals surface area contributed by atoms with Gasteiger partial charge in [0.25, 0.3) is 0 Å². The van der Waals surface area contributed by atoms with Gasteiger partial charge in [-0.25, -0.2) is 0 Å². The van der Waals surface area contributed by atoms with Crippen LogP contribution in [0.25, 0.3) is 5.70 Å². The third-order valence-corrected chi connectivity index (χ3v) is 4.41. The fraction of sp³-hybridized carbons (Fsp3) is 0.294. The molecule has 2 N–H and O–H groups in total. The molecule has 1 fully saturated rings. The highest BCUT2D eigenvalue weighted by Gasteiger charge is 2.34. The van der Waals surface area contributed by atoms with Gasteiger partial charge in [-0.1, -0.05) is 23.7 Å². The fourth-order valence-electron chi connectivity index (χ4n) is 3.14. The number of nitrogens with zero attached hydrogens (tertiary/aromatic N) is 2. The number of Topliss-reactive ketones (excluding diaryl/α,β-unsaturated/α-hetero) is 1. The number of fused-ring (bicyclic) bond motifs is 1. The Morgan fingerprint density at radius 3 is 2.70 bits per heavy atom. The number of nitrogens with one attached hydrogen (secondary N) is 2. The summed E-state index contributed by atoms with van der Waals surface area (Å²) in [6, 6.07) is 7.15. The number of amidine groups is 2. The minimum Gasteiger partial charge on any atom is -0.307 e. The van der Waals surface area contributed by atoms with Gasteiger partial charge in [0.2, 0.25) is 0 Å². The second kappa shape index (κ2) is 6.08. The zero-order valence-electron chi connectivity index (χ0n) is 12.8. The Morgan fingerprint density at radius 2 is 2.04 bits per heavy atom. The predicted octanol–water partition coefficient (Wildman–Crippen LogP) is 3.53. The minimum absolute atomic E-state index is 0.161. The summed E-state index contributed by atoms with van der Waals surface area (Å²) in [5.41, 5.74) is 2.47. The number of aliphatic imine (C=N–C) groups is 1. The van der Waals surface area contributed by atoms with E-state index in [0.29, 0.717) is 30.0 Å². The summed E-state index contributed by atoms with van der Waals surface area (Å²) < 4.78 is 0. The fourth-order valence-corrected chi connectivity index (χ4v) is 3.26. The van der Waals surface area contributed by atoms with Crippen molar-refractivity contribution in [1.29, 1.82) is 10.8 Å². The molecule has 3 rings (SSSR count). The van der Waals surface area contributed by atoms with Crippen LogP contribution in [0.2, 0.25) is 5.02 Å². The van der Waals surface area contributed by atoms with Crippen molar-refractivity contribution in [2.24, 2.45) is 4.99 Å². The number of hydrogen-bond acceptors (Lipinski definition) is 4. The molecule has 1 atom stereocenters. The molecule has 1 unspecified atom stereocenters. The van der Waals surface area contributed by atoms with Crippen molar-refractivity contribution in [2.75, 3.05) is 0 Å². The second-order valence-corrected chi connectivity index (χ2v) is 6.19. The molecule has 118 valence electrons. The smallest absolute Gasteiger partial charge is 0.145 e. The van der Waals surface area contributed by atoms with Crippen LogP contribution in [0.15, 0.2) is 34.8 Å². The van der Waals surface area contributed by atoms with Gasteiger partial charge < -0.3 is 4.90 Å². The van der Waals surface area contributed by atoms with E-state index < -0.39 is 0 Å². The average Bonchev–Trinajstić information content (AvgIpc) is 2.64. The topological polar surface area (TPSA) is 80.4 Å². The van der Waals surface area contributed by atoms with Crippen molar-refractivity contribution in [3.05, 3.63) is 40.4 Å². The summed E-state index contributed by atoms with van der Waals surface area (Å²) in [4.78, 5) is 18.1. The first-order chi connectivity index (χ1) is 11.0. The average molecular weight is 329 g/mol. The molecule has 1 aromatic carbocycles. The van der Waals surface area contributed by atoms with Crippen molar-refractivity contribution < 1.29 is 4.79 Å². The summed E-state index contributed by atoms with van der Waals surface area (Å²) in [5, 5.41) is 16.8. The first-order valence-electron chi connectivity index (χ1n) is 7.45. The minimum atomic E-state index is -0.161. The number of carbonyl (C=O) groups is 1. The lowest BCUT2D eigenvalue weighted by molar-refractivity contribution is -0.119. The van der Waals surface area contributed by atoms with E-state index in [1.54, 1.807) is 24.0 Å². The molecule has 2 aliphatic rings. The van der Waals surface area contributed by atoms with Crippen LogP contribution >= 0.6 is 11.6 Å². The predicted molar refractivity (Wildman–Crippen MR) is 92.5 cm³/mol. The molecule has 0 saturated heterocycles. The zero-order chi connectivity index (χ0) is 16.6. The normalized spacial score (nSPS) is 21.3. The van der Waals surface area contributed by atoms with Crippen LogP contribution in [-0.4, -0.2) is 34.6 Å². The molecule has 1 aliphatic carbocycles. The van der Waals surface area contributed by atoms with Crippen LogP contribution < -0.4 is 0 Å². The Kier molecular flexibility index (Phi) is 4.13. The number of hydrogen-bond donors (Lipinski definition) is 2. The van der Waals surface area contributed by atoms with Gasteiger partial charge in [0.05, 0.1) is 23.8 Å². The van der Waals surface area contributed by atoms with Gasteiger partial charge in [0.15, 0.2) is 0 Å². The van der Waals surface area contributed by atoms with Gasteiger partial charge in [-0.3, -0.25) is 20.6 Å². The lowest BCUT2D eigenvalue weighted by atomic mass is 9.85. The molecule has 5 nitrogen and oxygen atoms in total. The SMILES string of the molecule is CC(=N)N1C(=N)C=NC(c2ccc(Cl)cc2)=C2CC(=O)CCC21. The molecule has 23 heavy (non-hydrogen) atoms. The van der Waals surface area contributed by atoms with Crippen molar-refractivity contribution in [1.82, 2.24) is 4.90 Å². The molecule has 0 bridgehead atoms. The summed E-state index contributed by atoms with van der Waals surface area (Å²) in [6.07, 6.45) is 2.85. The largest absolute Gasteiger partial charge is 0.307 e. The van der Waals surface area contributed by atoms with Crippen LogP contribution in [0.4, 0.5) is 0 Å². The van der Waals surface area contributed by atoms with Crippen LogP contribution in [0.3, 0.4) is 0 Å². The zero-order valence-corrected chi connectivity index (χ0v) is 13.5. The molecule has 1 aromatic rings. The number of halogens is 1. The van der Waals surface area contributed by atoms with Gasteiger partial charge in [-0.15, -0.1) is 0 Å². The Labute approximate surface area is 139 Å². The molecule has 0 aromatic heterocycles. The molecular weight excluding hydrogens is 312 g/mol. The highest BCUT2D eigenvalue weighted by atomic mass is 35.5. The first-order valence-corrected chi connectivity index (χ1v) is 7.83. The summed E-state index contributed by atoms with van der Waals surface area (Å²) in [6.45, 7) is 1.66.